The zero-order valence-electron chi connectivity index (χ0n) is 22.1. The lowest BCUT2D eigenvalue weighted by molar-refractivity contribution is 0.103. The number of benzene rings is 2. The van der Waals surface area contributed by atoms with E-state index in [9.17, 15) is 9.59 Å². The molecule has 0 spiro atoms. The fourth-order valence-corrected chi connectivity index (χ4v) is 6.05. The third-order valence-corrected chi connectivity index (χ3v) is 7.97. The van der Waals surface area contributed by atoms with Crippen LogP contribution in [0.25, 0.3) is 44.1 Å². The van der Waals surface area contributed by atoms with Crippen LogP contribution in [-0.2, 0) is 0 Å². The van der Waals surface area contributed by atoms with Gasteiger partial charge in [-0.1, -0.05) is 23.2 Å². The van der Waals surface area contributed by atoms with Crippen molar-refractivity contribution in [3.05, 3.63) is 106 Å². The summed E-state index contributed by atoms with van der Waals surface area (Å²) in [4.78, 5) is 41.8. The fraction of sp³-hybridized carbons (Fsp3) is 0.0625. The van der Waals surface area contributed by atoms with Crippen molar-refractivity contribution in [1.29, 1.82) is 0 Å². The predicted octanol–water partition coefficient (Wildman–Crippen LogP) is 7.01. The lowest BCUT2D eigenvalue weighted by Gasteiger charge is -2.08. The zero-order chi connectivity index (χ0) is 29.1. The summed E-state index contributed by atoms with van der Waals surface area (Å²) in [5, 5.41) is 2.18. The summed E-state index contributed by atoms with van der Waals surface area (Å²) in [6.07, 6.45) is 6.54. The number of halogens is 2. The van der Waals surface area contributed by atoms with Gasteiger partial charge in [0.15, 0.2) is 11.6 Å². The van der Waals surface area contributed by atoms with Gasteiger partial charge in [-0.25, -0.2) is 9.97 Å². The summed E-state index contributed by atoms with van der Waals surface area (Å²) in [5.41, 5.74) is 6.79. The van der Waals surface area contributed by atoms with Gasteiger partial charge in [-0.15, -0.1) is 0 Å². The first-order chi connectivity index (χ1) is 20.4. The van der Waals surface area contributed by atoms with Crippen LogP contribution >= 0.6 is 23.2 Å². The summed E-state index contributed by atoms with van der Waals surface area (Å²) >= 11 is 12.5. The van der Waals surface area contributed by atoms with Crippen LogP contribution in [0.3, 0.4) is 0 Å². The first kappa shape index (κ1) is 26.0. The summed E-state index contributed by atoms with van der Waals surface area (Å²) in [6, 6.07) is 14.7. The third-order valence-electron chi connectivity index (χ3n) is 7.42. The molecule has 0 saturated carbocycles. The number of ether oxygens (including phenoxy) is 2. The average molecular weight is 593 g/mol. The van der Waals surface area contributed by atoms with Crippen molar-refractivity contribution in [2.75, 3.05) is 14.2 Å². The van der Waals surface area contributed by atoms with Crippen molar-refractivity contribution >= 4 is 56.6 Å². The number of hydrogen-bond donors (Lipinski definition) is 0. The van der Waals surface area contributed by atoms with Crippen molar-refractivity contribution in [2.24, 2.45) is 0 Å². The molecule has 204 valence electrons. The highest BCUT2D eigenvalue weighted by Crippen LogP contribution is 2.45. The smallest absolute Gasteiger partial charge is 0.198 e. The zero-order valence-corrected chi connectivity index (χ0v) is 23.6. The predicted molar refractivity (Wildman–Crippen MR) is 160 cm³/mol. The molecule has 8 rings (SSSR count). The number of methoxy groups -OCH3 is 2. The first-order valence-corrected chi connectivity index (χ1v) is 13.5. The van der Waals surface area contributed by atoms with Crippen LogP contribution in [-0.4, -0.2) is 45.7 Å². The molecule has 0 radical (unpaired) electrons. The lowest BCUT2D eigenvalue weighted by Crippen LogP contribution is -1.98. The number of pyridine rings is 4. The molecular weight excluding hydrogens is 575 g/mol. The minimum Gasteiger partial charge on any atom is -0.497 e. The third kappa shape index (κ3) is 3.83. The van der Waals surface area contributed by atoms with Gasteiger partial charge in [-0.2, -0.15) is 0 Å². The van der Waals surface area contributed by atoms with Crippen LogP contribution in [0.15, 0.2) is 73.3 Å². The Morgan fingerprint density at radius 1 is 0.571 bits per heavy atom. The van der Waals surface area contributed by atoms with Gasteiger partial charge >= 0.3 is 0 Å². The van der Waals surface area contributed by atoms with Crippen molar-refractivity contribution in [2.45, 2.75) is 0 Å². The molecule has 0 aliphatic heterocycles. The van der Waals surface area contributed by atoms with Crippen LogP contribution < -0.4 is 9.47 Å². The van der Waals surface area contributed by atoms with Gasteiger partial charge in [-0.3, -0.25) is 19.6 Å². The van der Waals surface area contributed by atoms with Crippen molar-refractivity contribution in [3.63, 3.8) is 0 Å². The Balaban J connectivity index is 0.000000137. The average Bonchev–Trinajstić information content (AvgIpc) is 3.49. The van der Waals surface area contributed by atoms with Gasteiger partial charge in [0.25, 0.3) is 0 Å². The van der Waals surface area contributed by atoms with Crippen LogP contribution in [0.4, 0.5) is 0 Å². The van der Waals surface area contributed by atoms with Crippen LogP contribution in [0.5, 0.6) is 11.5 Å². The van der Waals surface area contributed by atoms with E-state index in [2.05, 4.69) is 19.9 Å². The molecule has 4 heterocycles. The number of aromatic nitrogens is 4. The highest BCUT2D eigenvalue weighted by molar-refractivity contribution is 6.39. The summed E-state index contributed by atoms with van der Waals surface area (Å²) in [5.74, 6) is 1.17. The Morgan fingerprint density at radius 3 is 1.60 bits per heavy atom. The molecule has 2 aromatic carbocycles. The second kappa shape index (κ2) is 9.87. The molecule has 0 atom stereocenters. The summed E-state index contributed by atoms with van der Waals surface area (Å²) in [7, 11) is 3.19. The Bertz CT molecular complexity index is 2000. The van der Waals surface area contributed by atoms with Gasteiger partial charge in [-0.05, 0) is 42.0 Å². The Hall–Kier alpha value is -4.92. The number of carbonyl (C=O) groups excluding carboxylic acids is 2. The topological polar surface area (TPSA) is 104 Å². The molecule has 0 fully saturated rings. The number of rotatable bonds is 2. The fourth-order valence-electron chi connectivity index (χ4n) is 5.51. The highest BCUT2D eigenvalue weighted by atomic mass is 35.5. The maximum absolute atomic E-state index is 12.5. The maximum Gasteiger partial charge on any atom is 0.198 e. The van der Waals surface area contributed by atoms with E-state index in [-0.39, 0.29) is 21.9 Å². The lowest BCUT2D eigenvalue weighted by atomic mass is 10.0. The minimum atomic E-state index is -0.122. The molecule has 0 N–H and O–H groups in total. The standard InChI is InChI=1S/2C16H9ClN2O2/c1-21-8-2-3-10-12(6-8)19-16(17)14-13(10)11-7-18-5-4-9(11)15(14)20;1-21-8-2-3-10-12(6-8)19-16(17)14-13(10)9-4-5-18-7-11(9)15(14)20/h2*2-7H,1H3. The summed E-state index contributed by atoms with van der Waals surface area (Å²) < 4.78 is 10.4. The number of hydrogen-bond acceptors (Lipinski definition) is 8. The van der Waals surface area contributed by atoms with Gasteiger partial charge < -0.3 is 9.47 Å². The Labute approximate surface area is 248 Å². The molecule has 4 aromatic heterocycles. The number of ketones is 2. The van der Waals surface area contributed by atoms with Crippen molar-refractivity contribution in [1.82, 2.24) is 19.9 Å². The molecule has 0 amide bonds. The second-order valence-electron chi connectivity index (χ2n) is 9.57. The van der Waals surface area contributed by atoms with Gasteiger partial charge in [0.05, 0.1) is 36.4 Å². The van der Waals surface area contributed by atoms with E-state index in [1.807, 2.05) is 36.4 Å². The molecule has 2 aliphatic rings. The Kier molecular flexibility index (Phi) is 6.11. The summed E-state index contributed by atoms with van der Waals surface area (Å²) in [6.45, 7) is 0. The quantitative estimate of drug-likeness (QED) is 0.197. The molecule has 2 aliphatic carbocycles. The largest absolute Gasteiger partial charge is 0.497 e. The first-order valence-electron chi connectivity index (χ1n) is 12.7. The van der Waals surface area contributed by atoms with Crippen LogP contribution in [0.2, 0.25) is 10.3 Å². The van der Waals surface area contributed by atoms with E-state index in [0.29, 0.717) is 44.8 Å². The molecule has 0 saturated heterocycles. The van der Waals surface area contributed by atoms with Gasteiger partial charge in [0, 0.05) is 75.5 Å². The molecule has 6 aromatic rings. The maximum atomic E-state index is 12.5. The SMILES string of the molecule is COc1ccc2c3c(c(Cl)nc2c1)C(=O)c1ccncc1-3.COc1ccc2c3c(c(Cl)nc2c1)C(=O)c1cnccc1-3. The second-order valence-corrected chi connectivity index (χ2v) is 10.3. The molecule has 8 nitrogen and oxygen atoms in total. The monoisotopic (exact) mass is 592 g/mol. The van der Waals surface area contributed by atoms with Crippen molar-refractivity contribution in [3.8, 4) is 33.8 Å². The molecule has 42 heavy (non-hydrogen) atoms. The number of fused-ring (bicyclic) bond motifs is 10. The van der Waals surface area contributed by atoms with E-state index in [4.69, 9.17) is 32.7 Å². The van der Waals surface area contributed by atoms with Gasteiger partial charge in [0.2, 0.25) is 0 Å². The number of carbonyl (C=O) groups is 2. The molecular formula is C32H18Cl2N4O4. The molecule has 10 heteroatoms. The molecule has 0 unspecified atom stereocenters. The molecule has 0 bridgehead atoms. The minimum absolute atomic E-state index is 0.0994. The number of nitrogens with zero attached hydrogens (tertiary/aromatic N) is 4. The van der Waals surface area contributed by atoms with E-state index < -0.39 is 0 Å². The highest BCUT2D eigenvalue weighted by Gasteiger charge is 2.33. The van der Waals surface area contributed by atoms with E-state index >= 15 is 0 Å². The van der Waals surface area contributed by atoms with Crippen molar-refractivity contribution < 1.29 is 19.1 Å². The van der Waals surface area contributed by atoms with Gasteiger partial charge in [0.1, 0.15) is 21.8 Å². The normalized spacial score (nSPS) is 12.4. The van der Waals surface area contributed by atoms with E-state index in [0.717, 1.165) is 33.0 Å². The van der Waals surface area contributed by atoms with E-state index in [1.165, 1.54) is 0 Å². The van der Waals surface area contributed by atoms with Crippen LogP contribution in [0, 0.1) is 0 Å². The Morgan fingerprint density at radius 2 is 1.05 bits per heavy atom. The van der Waals surface area contributed by atoms with Crippen LogP contribution in [0.1, 0.15) is 31.8 Å². The van der Waals surface area contributed by atoms with E-state index in [1.54, 1.807) is 51.1 Å².